The molecular weight excluding hydrogens is 423 g/mol. The largest absolute Gasteiger partial charge is 0.484 e. The quantitative estimate of drug-likeness (QED) is 0.649. The van der Waals surface area contributed by atoms with Crippen LogP contribution in [0.15, 0.2) is 41.3 Å². The Morgan fingerprint density at radius 1 is 1.14 bits per heavy atom. The van der Waals surface area contributed by atoms with Gasteiger partial charge in [-0.1, -0.05) is 29.3 Å². The minimum Gasteiger partial charge on any atom is -0.484 e. The minimum atomic E-state index is -3.58. The van der Waals surface area contributed by atoms with Gasteiger partial charge in [-0.2, -0.15) is 0 Å². The minimum absolute atomic E-state index is 0.146. The van der Waals surface area contributed by atoms with Crippen molar-refractivity contribution < 1.29 is 17.9 Å². The van der Waals surface area contributed by atoms with Gasteiger partial charge in [-0.05, 0) is 62.2 Å². The summed E-state index contributed by atoms with van der Waals surface area (Å²) in [6.45, 7) is 5.25. The molecule has 0 fully saturated rings. The molecule has 0 spiro atoms. The molecule has 0 atom stereocenters. The molecule has 1 amide bonds. The molecule has 2 aromatic rings. The second kappa shape index (κ2) is 9.60. The van der Waals surface area contributed by atoms with E-state index in [1.165, 1.54) is 18.2 Å². The Hall–Kier alpha value is -1.80. The Morgan fingerprint density at radius 3 is 2.46 bits per heavy atom. The van der Waals surface area contributed by atoms with Crippen molar-refractivity contribution in [3.05, 3.63) is 57.6 Å². The van der Waals surface area contributed by atoms with E-state index in [0.717, 1.165) is 5.56 Å². The fraction of sp³-hybridized carbons (Fsp3) is 0.316. The first-order valence-corrected chi connectivity index (χ1v) is 10.8. The molecule has 0 unspecified atom stereocenters. The number of amides is 1. The van der Waals surface area contributed by atoms with Crippen LogP contribution in [0.5, 0.6) is 5.75 Å². The van der Waals surface area contributed by atoms with Crippen LogP contribution in [-0.2, 0) is 21.4 Å². The van der Waals surface area contributed by atoms with Crippen molar-refractivity contribution in [3.8, 4) is 5.75 Å². The first kappa shape index (κ1) is 22.5. The Morgan fingerprint density at radius 2 is 1.86 bits per heavy atom. The lowest BCUT2D eigenvalue weighted by Gasteiger charge is -2.13. The highest BCUT2D eigenvalue weighted by Gasteiger charge is 2.17. The summed E-state index contributed by atoms with van der Waals surface area (Å²) in [5.41, 5.74) is 1.35. The number of hydrogen-bond donors (Lipinski definition) is 2. The van der Waals surface area contributed by atoms with Crippen LogP contribution in [0, 0.1) is 6.92 Å². The van der Waals surface area contributed by atoms with Gasteiger partial charge in [0, 0.05) is 22.6 Å². The van der Waals surface area contributed by atoms with E-state index in [9.17, 15) is 13.2 Å². The Balaban J connectivity index is 1.94. The van der Waals surface area contributed by atoms with Gasteiger partial charge in [0.15, 0.2) is 6.61 Å². The summed E-state index contributed by atoms with van der Waals surface area (Å²) in [6.07, 6.45) is 0. The normalized spacial score (nSPS) is 11.5. The van der Waals surface area contributed by atoms with Crippen LogP contribution in [0.1, 0.15) is 25.0 Å². The highest BCUT2D eigenvalue weighted by Crippen LogP contribution is 2.22. The lowest BCUT2D eigenvalue weighted by molar-refractivity contribution is -0.123. The van der Waals surface area contributed by atoms with E-state index in [1.807, 2.05) is 0 Å². The predicted molar refractivity (Wildman–Crippen MR) is 110 cm³/mol. The maximum atomic E-state index is 12.2. The first-order valence-electron chi connectivity index (χ1n) is 8.55. The number of carbonyl (C=O) groups is 1. The van der Waals surface area contributed by atoms with E-state index < -0.39 is 10.0 Å². The van der Waals surface area contributed by atoms with Gasteiger partial charge in [-0.15, -0.1) is 0 Å². The average Bonchev–Trinajstić information content (AvgIpc) is 2.58. The molecule has 28 heavy (non-hydrogen) atoms. The zero-order chi connectivity index (χ0) is 20.9. The summed E-state index contributed by atoms with van der Waals surface area (Å²) in [5.74, 6) is 0.103. The van der Waals surface area contributed by atoms with Crippen LogP contribution in [0.4, 0.5) is 0 Å². The molecule has 0 aliphatic heterocycles. The molecule has 0 heterocycles. The van der Waals surface area contributed by atoms with Crippen molar-refractivity contribution in [1.29, 1.82) is 0 Å². The number of carbonyl (C=O) groups excluding carboxylic acids is 1. The number of nitrogens with one attached hydrogen (secondary N) is 2. The number of aryl methyl sites for hydroxylation is 1. The molecule has 152 valence electrons. The van der Waals surface area contributed by atoms with Crippen molar-refractivity contribution in [2.45, 2.75) is 38.3 Å². The maximum absolute atomic E-state index is 12.2. The third kappa shape index (κ3) is 6.38. The summed E-state index contributed by atoms with van der Waals surface area (Å²) in [7, 11) is -3.58. The van der Waals surface area contributed by atoms with Gasteiger partial charge >= 0.3 is 0 Å². The average molecular weight is 445 g/mol. The molecule has 0 saturated heterocycles. The Bertz CT molecular complexity index is 962. The summed E-state index contributed by atoms with van der Waals surface area (Å²) in [5, 5.41) is 3.70. The van der Waals surface area contributed by atoms with Gasteiger partial charge in [0.05, 0.1) is 4.90 Å². The van der Waals surface area contributed by atoms with E-state index in [1.54, 1.807) is 39.0 Å². The number of benzene rings is 2. The highest BCUT2D eigenvalue weighted by molar-refractivity contribution is 7.89. The van der Waals surface area contributed by atoms with Crippen LogP contribution in [0.25, 0.3) is 0 Å². The first-order chi connectivity index (χ1) is 13.1. The second-order valence-corrected chi connectivity index (χ2v) is 9.06. The Kier molecular flexibility index (Phi) is 7.71. The highest BCUT2D eigenvalue weighted by atomic mass is 35.5. The van der Waals surface area contributed by atoms with E-state index in [2.05, 4.69) is 10.0 Å². The van der Waals surface area contributed by atoms with Gasteiger partial charge in [0.1, 0.15) is 5.75 Å². The lowest BCUT2D eigenvalue weighted by atomic mass is 10.2. The summed E-state index contributed by atoms with van der Waals surface area (Å²) < 4.78 is 32.4. The number of hydrogen-bond acceptors (Lipinski definition) is 4. The molecule has 0 aliphatic carbocycles. The standard InChI is InChI=1S/C19H22Cl2N2O4S/c1-12(2)23-28(25,26)16-6-7-18(13(3)8-16)27-11-19(24)22-10-14-4-5-15(20)9-17(14)21/h4-9,12,23H,10-11H2,1-3H3,(H,22,24). The van der Waals surface area contributed by atoms with Gasteiger partial charge in [0.2, 0.25) is 10.0 Å². The molecule has 6 nitrogen and oxygen atoms in total. The zero-order valence-electron chi connectivity index (χ0n) is 15.8. The molecule has 0 saturated carbocycles. The van der Waals surface area contributed by atoms with E-state index in [4.69, 9.17) is 27.9 Å². The molecule has 2 N–H and O–H groups in total. The fourth-order valence-corrected chi connectivity index (χ4v) is 4.19. The molecule has 0 aliphatic rings. The van der Waals surface area contributed by atoms with Crippen LogP contribution >= 0.6 is 23.2 Å². The topological polar surface area (TPSA) is 84.5 Å². The maximum Gasteiger partial charge on any atom is 0.258 e. The van der Waals surface area contributed by atoms with Crippen LogP contribution in [0.2, 0.25) is 10.0 Å². The van der Waals surface area contributed by atoms with Gasteiger partial charge in [-0.3, -0.25) is 4.79 Å². The third-order valence-corrected chi connectivity index (χ3v) is 5.94. The van der Waals surface area contributed by atoms with Gasteiger partial charge in [-0.25, -0.2) is 13.1 Å². The van der Waals surface area contributed by atoms with Crippen molar-refractivity contribution >= 4 is 39.1 Å². The fourth-order valence-electron chi connectivity index (χ4n) is 2.38. The van der Waals surface area contributed by atoms with E-state index >= 15 is 0 Å². The van der Waals surface area contributed by atoms with Gasteiger partial charge in [0.25, 0.3) is 5.91 Å². The van der Waals surface area contributed by atoms with Crippen LogP contribution in [-0.4, -0.2) is 27.0 Å². The zero-order valence-corrected chi connectivity index (χ0v) is 18.1. The van der Waals surface area contributed by atoms with Crippen molar-refractivity contribution in [2.24, 2.45) is 0 Å². The predicted octanol–water partition coefficient (Wildman–Crippen LogP) is 3.68. The smallest absolute Gasteiger partial charge is 0.258 e. The van der Waals surface area contributed by atoms with Crippen molar-refractivity contribution in [2.75, 3.05) is 6.61 Å². The number of rotatable bonds is 8. The molecule has 0 radical (unpaired) electrons. The SMILES string of the molecule is Cc1cc(S(=O)(=O)NC(C)C)ccc1OCC(=O)NCc1ccc(Cl)cc1Cl. The Labute approximate surface area is 175 Å². The molecule has 2 rings (SSSR count). The van der Waals surface area contributed by atoms with Crippen molar-refractivity contribution in [3.63, 3.8) is 0 Å². The number of sulfonamides is 1. The molecular formula is C19H22Cl2N2O4S. The van der Waals surface area contributed by atoms with Gasteiger partial charge < -0.3 is 10.1 Å². The number of ether oxygens (including phenoxy) is 1. The summed E-state index contributed by atoms with van der Waals surface area (Å²) in [6, 6.07) is 9.31. The third-order valence-electron chi connectivity index (χ3n) is 3.70. The van der Waals surface area contributed by atoms with Crippen LogP contribution < -0.4 is 14.8 Å². The lowest BCUT2D eigenvalue weighted by Crippen LogP contribution is -2.30. The molecule has 0 aromatic heterocycles. The van der Waals surface area contributed by atoms with Crippen molar-refractivity contribution in [1.82, 2.24) is 10.0 Å². The summed E-state index contributed by atoms with van der Waals surface area (Å²) in [4.78, 5) is 12.2. The second-order valence-electron chi connectivity index (χ2n) is 6.50. The molecule has 2 aromatic carbocycles. The molecule has 9 heteroatoms. The van der Waals surface area contributed by atoms with E-state index in [-0.39, 0.29) is 30.0 Å². The summed E-state index contributed by atoms with van der Waals surface area (Å²) >= 11 is 11.9. The van der Waals surface area contributed by atoms with E-state index in [0.29, 0.717) is 21.4 Å². The number of halogens is 2. The monoisotopic (exact) mass is 444 g/mol. The van der Waals surface area contributed by atoms with Crippen LogP contribution in [0.3, 0.4) is 0 Å². The molecule has 0 bridgehead atoms.